The molecular formula is C36H26I3N3O7Y+. The molecule has 0 unspecified atom stereocenters. The van der Waals surface area contributed by atoms with E-state index in [4.69, 9.17) is 0 Å². The quantitative estimate of drug-likeness (QED) is 0.180. The maximum Gasteiger partial charge on any atom is 3.00 e. The van der Waals surface area contributed by atoms with Gasteiger partial charge >= 0.3 is 32.7 Å². The summed E-state index contributed by atoms with van der Waals surface area (Å²) >= 11 is 6.32. The summed E-state index contributed by atoms with van der Waals surface area (Å²) in [5.41, 5.74) is 4.13. The molecule has 3 heterocycles. The second-order valence-corrected chi connectivity index (χ2v) is 13.0. The molecule has 0 amide bonds. The minimum atomic E-state index is -1.13. The Hall–Kier alpha value is -3.23. The van der Waals surface area contributed by atoms with E-state index in [2.05, 4.69) is 82.7 Å². The summed E-state index contributed by atoms with van der Waals surface area (Å²) in [6, 6.07) is 37.0. The first-order valence-electron chi connectivity index (χ1n) is 13.7. The Labute approximate surface area is 354 Å². The summed E-state index contributed by atoms with van der Waals surface area (Å²) in [7, 11) is 0. The number of pyridine rings is 3. The van der Waals surface area contributed by atoms with Gasteiger partial charge in [-0.3, -0.25) is 9.97 Å². The van der Waals surface area contributed by atoms with Gasteiger partial charge in [-0.2, -0.15) is 0 Å². The molecule has 0 aliphatic carbocycles. The van der Waals surface area contributed by atoms with Crippen molar-refractivity contribution in [3.63, 3.8) is 0 Å². The number of carbonyl (C=O) groups is 3. The van der Waals surface area contributed by atoms with Crippen molar-refractivity contribution in [2.75, 3.05) is 0 Å². The molecule has 6 rings (SSSR count). The molecule has 3 N–H and O–H groups in total. The summed E-state index contributed by atoms with van der Waals surface area (Å²) in [6.07, 6.45) is 3.54. The van der Waals surface area contributed by atoms with Gasteiger partial charge in [0.2, 0.25) is 0 Å². The van der Waals surface area contributed by atoms with E-state index in [-0.39, 0.29) is 54.9 Å². The summed E-state index contributed by atoms with van der Waals surface area (Å²) in [5.74, 6) is -3.39. The van der Waals surface area contributed by atoms with Gasteiger partial charge in [-0.25, -0.2) is 4.98 Å². The monoisotopic (exact) mass is 1080 g/mol. The van der Waals surface area contributed by atoms with Crippen LogP contribution < -0.4 is 15.3 Å². The fourth-order valence-electron chi connectivity index (χ4n) is 3.51. The molecule has 0 spiro atoms. The average molecular weight is 1080 g/mol. The smallest absolute Gasteiger partial charge is 0.545 e. The molecule has 0 aliphatic heterocycles. The largest absolute Gasteiger partial charge is 3.00 e. The molecule has 3 aromatic heterocycles. The zero-order chi connectivity index (χ0) is 34.9. The Bertz CT molecular complexity index is 1730. The van der Waals surface area contributed by atoms with E-state index in [9.17, 15) is 29.7 Å². The van der Waals surface area contributed by atoms with Gasteiger partial charge in [0.1, 0.15) is 0 Å². The number of hydrogen-bond acceptors (Lipinski definition) is 9. The molecule has 14 heteroatoms. The molecule has 0 aliphatic rings. The van der Waals surface area contributed by atoms with Crippen LogP contribution >= 0.6 is 67.8 Å². The molecule has 250 valence electrons. The molecular weight excluding hydrogens is 1060 g/mol. The molecule has 0 saturated carbocycles. The number of rotatable bonds is 5. The number of carbonyl (C=O) groups excluding carboxylic acids is 3. The first-order valence-corrected chi connectivity index (χ1v) is 17.0. The van der Waals surface area contributed by atoms with Crippen molar-refractivity contribution in [3.05, 3.63) is 167 Å². The van der Waals surface area contributed by atoms with Crippen molar-refractivity contribution in [2.45, 2.75) is 0 Å². The molecule has 0 atom stereocenters. The molecule has 50 heavy (non-hydrogen) atoms. The number of nitrogens with zero attached hydrogens (tertiary/aromatic N) is 3. The van der Waals surface area contributed by atoms with Crippen LogP contribution in [0, 0.1) is 10.7 Å². The van der Waals surface area contributed by atoms with E-state index < -0.39 is 17.9 Å². The number of carboxylic acids is 3. The number of halogens is 3. The van der Waals surface area contributed by atoms with E-state index in [0.29, 0.717) is 0 Å². The van der Waals surface area contributed by atoms with E-state index in [1.165, 1.54) is 36.4 Å². The number of carboxylic acid groups (broad SMARTS) is 3. The Kier molecular flexibility index (Phi) is 21.5. The van der Waals surface area contributed by atoms with Crippen LogP contribution in [0.25, 0.3) is 22.8 Å². The summed E-state index contributed by atoms with van der Waals surface area (Å²) < 4.78 is 3.05. The summed E-state index contributed by atoms with van der Waals surface area (Å²) in [5, 5.41) is 30.6. The van der Waals surface area contributed by atoms with Gasteiger partial charge in [0.25, 0.3) is 0 Å². The van der Waals surface area contributed by atoms with Crippen LogP contribution in [0.5, 0.6) is 0 Å². The minimum Gasteiger partial charge on any atom is -0.545 e. The van der Waals surface area contributed by atoms with E-state index in [1.54, 1.807) is 48.8 Å². The van der Waals surface area contributed by atoms with Crippen LogP contribution in [-0.4, -0.2) is 32.9 Å². The zero-order valence-corrected chi connectivity index (χ0v) is 35.2. The van der Waals surface area contributed by atoms with Gasteiger partial charge < -0.3 is 35.2 Å². The fourth-order valence-corrected chi connectivity index (χ4v) is 4.59. The predicted octanol–water partition coefficient (Wildman–Crippen LogP) is 4.25. The molecule has 0 bridgehead atoms. The minimum absolute atomic E-state index is 0. The van der Waals surface area contributed by atoms with Crippen molar-refractivity contribution in [2.24, 2.45) is 0 Å². The van der Waals surface area contributed by atoms with Crippen molar-refractivity contribution in [3.8, 4) is 22.8 Å². The van der Waals surface area contributed by atoms with Crippen LogP contribution in [0.3, 0.4) is 0 Å². The molecule has 3 aromatic carbocycles. The number of aromatic carboxylic acids is 3. The molecule has 10 nitrogen and oxygen atoms in total. The molecule has 0 radical (unpaired) electrons. The van der Waals surface area contributed by atoms with Gasteiger partial charge in [0, 0.05) is 23.1 Å². The Balaban J connectivity index is 0.000000344. The SMILES string of the molecule is O=C([O-])c1ccc(I)cc1.O=C([O-])c1ccc(I)cc1.O=C([O-])c1ccc(I)cc1.[OH3+].[Y+3].c1ccc(-c2cccc(-c3ccccn3)n2)nc1. The molecule has 6 aromatic rings. The van der Waals surface area contributed by atoms with Gasteiger partial charge in [-0.05, 0) is 157 Å². The Morgan fingerprint density at radius 1 is 0.420 bits per heavy atom. The Morgan fingerprint density at radius 3 is 0.940 bits per heavy atom. The van der Waals surface area contributed by atoms with Crippen molar-refractivity contribution >= 4 is 85.7 Å². The van der Waals surface area contributed by atoms with E-state index >= 15 is 0 Å². The first kappa shape index (κ1) is 44.8. The normalized spacial score (nSPS) is 9.26. The molecule has 0 fully saturated rings. The second kappa shape index (κ2) is 24.0. The van der Waals surface area contributed by atoms with E-state index in [1.807, 2.05) is 54.6 Å². The van der Waals surface area contributed by atoms with Crippen LogP contribution in [0.4, 0.5) is 0 Å². The van der Waals surface area contributed by atoms with Gasteiger partial charge in [0.05, 0.1) is 40.7 Å². The first-order chi connectivity index (χ1) is 23.0. The van der Waals surface area contributed by atoms with Crippen molar-refractivity contribution in [1.29, 1.82) is 0 Å². The van der Waals surface area contributed by atoms with Crippen LogP contribution in [-0.2, 0) is 38.2 Å². The third-order valence-electron chi connectivity index (χ3n) is 5.84. The third-order valence-corrected chi connectivity index (χ3v) is 8.00. The topological polar surface area (TPSA) is 192 Å². The maximum atomic E-state index is 10.2. The summed E-state index contributed by atoms with van der Waals surface area (Å²) in [4.78, 5) is 43.8. The maximum absolute atomic E-state index is 10.2. The second-order valence-electron chi connectivity index (χ2n) is 9.22. The predicted molar refractivity (Wildman–Crippen MR) is 206 cm³/mol. The fraction of sp³-hybridized carbons (Fsp3) is 0. The van der Waals surface area contributed by atoms with Crippen molar-refractivity contribution in [1.82, 2.24) is 15.0 Å². The van der Waals surface area contributed by atoms with Crippen LogP contribution in [0.2, 0.25) is 0 Å². The van der Waals surface area contributed by atoms with Crippen molar-refractivity contribution < 1.29 is 67.9 Å². The third kappa shape index (κ3) is 16.2. The van der Waals surface area contributed by atoms with Crippen LogP contribution in [0.15, 0.2) is 140 Å². The average Bonchev–Trinajstić information content (AvgIpc) is 3.10. The molecule has 0 saturated heterocycles. The zero-order valence-electron chi connectivity index (χ0n) is 25.9. The number of hydrogen-bond donors (Lipinski definition) is 0. The summed E-state index contributed by atoms with van der Waals surface area (Å²) in [6.45, 7) is 0. The standard InChI is InChI=1S/C15H11N3.3C7H5IO2.H2O.Y/c1-3-10-16-12(6-1)14-8-5-9-15(18-14)13-7-2-4-11-17-13;3*8-6-3-1-5(2-4-6)7(9)10;;/h1-11H;3*1-4H,(H,9,10);1H2;/q;;;;;+3/p-2. The van der Waals surface area contributed by atoms with Gasteiger partial charge in [0.15, 0.2) is 0 Å². The van der Waals surface area contributed by atoms with Gasteiger partial charge in [-0.15, -0.1) is 0 Å². The van der Waals surface area contributed by atoms with E-state index in [0.717, 1.165) is 33.5 Å². The van der Waals surface area contributed by atoms with Crippen LogP contribution in [0.1, 0.15) is 31.1 Å². The number of aromatic nitrogens is 3. The van der Waals surface area contributed by atoms with Gasteiger partial charge in [-0.1, -0.05) is 54.6 Å². The Morgan fingerprint density at radius 2 is 0.700 bits per heavy atom. The number of benzene rings is 3.